The summed E-state index contributed by atoms with van der Waals surface area (Å²) in [6.45, 7) is 2.60. The molecular weight excluding hydrogens is 218 g/mol. The highest BCUT2D eigenvalue weighted by Crippen LogP contribution is 2.16. The van der Waals surface area contributed by atoms with Crippen molar-refractivity contribution >= 4 is 15.9 Å². The summed E-state index contributed by atoms with van der Waals surface area (Å²) in [6, 6.07) is 6.10. The van der Waals surface area contributed by atoms with Crippen LogP contribution in [-0.2, 0) is 13.0 Å². The summed E-state index contributed by atoms with van der Waals surface area (Å²) in [6.07, 6.45) is 0.990. The molecule has 2 N–H and O–H groups in total. The Labute approximate surface area is 80.7 Å². The largest absolute Gasteiger partial charge is 0.316 e. The summed E-state index contributed by atoms with van der Waals surface area (Å²) < 4.78 is 1.05. The predicted molar refractivity (Wildman–Crippen MR) is 52.1 cm³/mol. The van der Waals surface area contributed by atoms with E-state index in [9.17, 15) is 0 Å². The molecule has 0 radical (unpaired) electrons. The molecule has 0 fully saturated rings. The molecule has 0 aromatic heterocycles. The summed E-state index contributed by atoms with van der Waals surface area (Å²) in [5, 5.41) is 8.57. The molecule has 12 heavy (non-hydrogen) atoms. The van der Waals surface area contributed by atoms with Crippen molar-refractivity contribution in [2.75, 3.05) is 0 Å². The van der Waals surface area contributed by atoms with Crippen LogP contribution >= 0.6 is 15.9 Å². The van der Waals surface area contributed by atoms with E-state index in [1.54, 1.807) is 0 Å². The van der Waals surface area contributed by atoms with Crippen LogP contribution in [0.1, 0.15) is 18.1 Å². The van der Waals surface area contributed by atoms with Gasteiger partial charge in [-0.3, -0.25) is 0 Å². The second kappa shape index (κ2) is 4.60. The van der Waals surface area contributed by atoms with Gasteiger partial charge in [0.15, 0.2) is 0 Å². The van der Waals surface area contributed by atoms with Crippen molar-refractivity contribution in [3.05, 3.63) is 33.8 Å². The molecule has 3 heteroatoms. The van der Waals surface area contributed by atoms with Gasteiger partial charge in [0.1, 0.15) is 0 Å². The zero-order valence-electron chi connectivity index (χ0n) is 6.97. The molecule has 66 valence electrons. The van der Waals surface area contributed by atoms with Crippen molar-refractivity contribution in [2.45, 2.75) is 19.9 Å². The minimum atomic E-state index is 0.503. The molecule has 0 heterocycles. The normalized spacial score (nSPS) is 10.2. The number of halogens is 1. The first-order valence-corrected chi connectivity index (χ1v) is 4.71. The standard InChI is InChI=1S/C9H12BrNO/c1-2-7-3-4-9(10)5-8(7)6-11-12/h3-5,11-12H,2,6H2,1H3. The molecule has 1 aromatic carbocycles. The monoisotopic (exact) mass is 229 g/mol. The molecule has 0 aliphatic carbocycles. The molecule has 0 aliphatic rings. The Morgan fingerprint density at radius 3 is 2.75 bits per heavy atom. The van der Waals surface area contributed by atoms with Crippen molar-refractivity contribution < 1.29 is 5.21 Å². The Morgan fingerprint density at radius 2 is 2.17 bits per heavy atom. The molecule has 0 amide bonds. The molecule has 0 saturated carbocycles. The lowest BCUT2D eigenvalue weighted by molar-refractivity contribution is 0.161. The average molecular weight is 230 g/mol. The van der Waals surface area contributed by atoms with Crippen LogP contribution in [0.25, 0.3) is 0 Å². The lowest BCUT2D eigenvalue weighted by Gasteiger charge is -2.06. The summed E-state index contributed by atoms with van der Waals surface area (Å²) in [5.41, 5.74) is 4.56. The Kier molecular flexibility index (Phi) is 3.72. The summed E-state index contributed by atoms with van der Waals surface area (Å²) >= 11 is 3.39. The molecule has 0 bridgehead atoms. The van der Waals surface area contributed by atoms with E-state index in [1.807, 2.05) is 12.1 Å². The highest BCUT2D eigenvalue weighted by Gasteiger charge is 1.99. The maximum atomic E-state index is 8.57. The van der Waals surface area contributed by atoms with E-state index >= 15 is 0 Å². The van der Waals surface area contributed by atoms with Gasteiger partial charge in [-0.2, -0.15) is 0 Å². The number of hydrogen-bond donors (Lipinski definition) is 2. The topological polar surface area (TPSA) is 32.3 Å². The maximum absolute atomic E-state index is 8.57. The van der Waals surface area contributed by atoms with Crippen LogP contribution < -0.4 is 5.48 Å². The number of hydrogen-bond acceptors (Lipinski definition) is 2. The molecule has 1 rings (SSSR count). The van der Waals surface area contributed by atoms with Crippen molar-refractivity contribution in [3.8, 4) is 0 Å². The summed E-state index contributed by atoms with van der Waals surface area (Å²) in [4.78, 5) is 0. The third-order valence-corrected chi connectivity index (χ3v) is 2.31. The number of rotatable bonds is 3. The van der Waals surface area contributed by atoms with Gasteiger partial charge in [0.05, 0.1) is 0 Å². The first-order chi connectivity index (χ1) is 5.77. The average Bonchev–Trinajstić information content (AvgIpc) is 2.05. The Bertz CT molecular complexity index is 263. The van der Waals surface area contributed by atoms with Crippen molar-refractivity contribution in [1.82, 2.24) is 5.48 Å². The Morgan fingerprint density at radius 1 is 1.42 bits per heavy atom. The number of nitrogens with one attached hydrogen (secondary N) is 1. The fraction of sp³-hybridized carbons (Fsp3) is 0.333. The van der Waals surface area contributed by atoms with Gasteiger partial charge in [-0.1, -0.05) is 28.9 Å². The number of hydroxylamine groups is 1. The fourth-order valence-corrected chi connectivity index (χ4v) is 1.60. The fourth-order valence-electron chi connectivity index (χ4n) is 1.19. The van der Waals surface area contributed by atoms with Crippen LogP contribution in [0, 0.1) is 0 Å². The lowest BCUT2D eigenvalue weighted by atomic mass is 10.1. The van der Waals surface area contributed by atoms with E-state index in [1.165, 1.54) is 5.56 Å². The molecule has 0 saturated heterocycles. The van der Waals surface area contributed by atoms with Gasteiger partial charge in [0.2, 0.25) is 0 Å². The molecule has 0 unspecified atom stereocenters. The van der Waals surface area contributed by atoms with Crippen LogP contribution in [0.2, 0.25) is 0 Å². The SMILES string of the molecule is CCc1ccc(Br)cc1CNO. The summed E-state index contributed by atoms with van der Waals surface area (Å²) in [5.74, 6) is 0. The Balaban J connectivity index is 2.95. The minimum Gasteiger partial charge on any atom is -0.316 e. The van der Waals surface area contributed by atoms with Crippen LogP contribution in [-0.4, -0.2) is 5.21 Å². The van der Waals surface area contributed by atoms with E-state index in [-0.39, 0.29) is 0 Å². The van der Waals surface area contributed by atoms with Gasteiger partial charge in [0.25, 0.3) is 0 Å². The second-order valence-corrected chi connectivity index (χ2v) is 3.52. The van der Waals surface area contributed by atoms with Gasteiger partial charge in [-0.25, -0.2) is 5.48 Å². The third-order valence-electron chi connectivity index (χ3n) is 1.82. The quantitative estimate of drug-likeness (QED) is 0.782. The van der Waals surface area contributed by atoms with E-state index < -0.39 is 0 Å². The van der Waals surface area contributed by atoms with Crippen LogP contribution in [0.5, 0.6) is 0 Å². The van der Waals surface area contributed by atoms with E-state index in [4.69, 9.17) is 5.21 Å². The van der Waals surface area contributed by atoms with E-state index in [2.05, 4.69) is 34.4 Å². The van der Waals surface area contributed by atoms with Gasteiger partial charge in [0, 0.05) is 11.0 Å². The molecule has 0 atom stereocenters. The smallest absolute Gasteiger partial charge is 0.0461 e. The number of benzene rings is 1. The molecular formula is C9H12BrNO. The predicted octanol–water partition coefficient (Wildman–Crippen LogP) is 2.49. The minimum absolute atomic E-state index is 0.503. The Hall–Kier alpha value is -0.380. The third kappa shape index (κ3) is 2.30. The molecule has 0 spiro atoms. The lowest BCUT2D eigenvalue weighted by Crippen LogP contribution is -2.08. The highest BCUT2D eigenvalue weighted by molar-refractivity contribution is 9.10. The highest BCUT2D eigenvalue weighted by atomic mass is 79.9. The van der Waals surface area contributed by atoms with Crippen molar-refractivity contribution in [2.24, 2.45) is 0 Å². The van der Waals surface area contributed by atoms with Gasteiger partial charge < -0.3 is 5.21 Å². The van der Waals surface area contributed by atoms with Crippen LogP contribution in [0.3, 0.4) is 0 Å². The molecule has 1 aromatic rings. The van der Waals surface area contributed by atoms with Gasteiger partial charge in [-0.15, -0.1) is 0 Å². The summed E-state index contributed by atoms with van der Waals surface area (Å²) in [7, 11) is 0. The van der Waals surface area contributed by atoms with Crippen molar-refractivity contribution in [1.29, 1.82) is 0 Å². The first kappa shape index (κ1) is 9.71. The first-order valence-electron chi connectivity index (χ1n) is 3.92. The second-order valence-electron chi connectivity index (χ2n) is 2.60. The van der Waals surface area contributed by atoms with Gasteiger partial charge in [-0.05, 0) is 29.7 Å². The molecule has 2 nitrogen and oxygen atoms in total. The van der Waals surface area contributed by atoms with Gasteiger partial charge >= 0.3 is 0 Å². The van der Waals surface area contributed by atoms with Crippen LogP contribution in [0.15, 0.2) is 22.7 Å². The van der Waals surface area contributed by atoms with Crippen LogP contribution in [0.4, 0.5) is 0 Å². The van der Waals surface area contributed by atoms with Crippen molar-refractivity contribution in [3.63, 3.8) is 0 Å². The van der Waals surface area contributed by atoms with E-state index in [0.717, 1.165) is 16.5 Å². The maximum Gasteiger partial charge on any atom is 0.0461 e. The zero-order valence-corrected chi connectivity index (χ0v) is 8.56. The number of aryl methyl sites for hydroxylation is 1. The zero-order chi connectivity index (χ0) is 8.97. The molecule has 0 aliphatic heterocycles. The van der Waals surface area contributed by atoms with E-state index in [0.29, 0.717) is 6.54 Å².